The van der Waals surface area contributed by atoms with Crippen molar-refractivity contribution in [1.29, 1.82) is 0 Å². The minimum atomic E-state index is -3.35. The van der Waals surface area contributed by atoms with E-state index in [0.717, 1.165) is 25.1 Å². The Balaban J connectivity index is 2.14. The van der Waals surface area contributed by atoms with Crippen molar-refractivity contribution in [1.82, 2.24) is 10.2 Å². The smallest absolute Gasteiger partial charge is 0.251 e. The molecule has 1 heterocycles. The Morgan fingerprint density at radius 2 is 1.92 bits per heavy atom. The Morgan fingerprint density at radius 1 is 1.20 bits per heavy atom. The van der Waals surface area contributed by atoms with E-state index >= 15 is 0 Å². The van der Waals surface area contributed by atoms with Gasteiger partial charge in [-0.1, -0.05) is 19.9 Å². The van der Waals surface area contributed by atoms with Crippen LogP contribution in [0.1, 0.15) is 36.0 Å². The number of sulfone groups is 1. The van der Waals surface area contributed by atoms with Gasteiger partial charge in [0.2, 0.25) is 0 Å². The maximum atomic E-state index is 12.4. The summed E-state index contributed by atoms with van der Waals surface area (Å²) in [5.74, 6) is 0.475. The molecule has 1 N–H and O–H groups in total. The van der Waals surface area contributed by atoms with Crippen molar-refractivity contribution in [2.75, 3.05) is 25.9 Å². The second-order valence-corrected chi connectivity index (χ2v) is 7.78. The van der Waals surface area contributed by atoms with Crippen LogP contribution in [0.25, 0.3) is 0 Å². The molecule has 1 amide bonds. The van der Waals surface area contributed by atoms with Gasteiger partial charge in [-0.3, -0.25) is 9.69 Å². The Morgan fingerprint density at radius 3 is 2.48 bits per heavy atom. The largest absolute Gasteiger partial charge is 0.468 e. The number of furan rings is 1. The number of amides is 1. The van der Waals surface area contributed by atoms with E-state index in [1.54, 1.807) is 18.4 Å². The highest BCUT2D eigenvalue weighted by Crippen LogP contribution is 2.20. The number of likely N-dealkylation sites (N-methyl/N-ethyl adjacent to an activating group) is 1. The molecular formula is C18H24N2O4S. The van der Waals surface area contributed by atoms with E-state index in [4.69, 9.17) is 4.42 Å². The van der Waals surface area contributed by atoms with Gasteiger partial charge in [0.1, 0.15) is 5.76 Å². The fourth-order valence-corrected chi connectivity index (χ4v) is 3.38. The molecule has 25 heavy (non-hydrogen) atoms. The molecule has 0 saturated carbocycles. The molecule has 0 fully saturated rings. The Hall–Kier alpha value is -2.12. The van der Waals surface area contributed by atoms with Crippen LogP contribution in [0.2, 0.25) is 0 Å². The number of hydrogen-bond donors (Lipinski definition) is 1. The molecule has 0 bridgehead atoms. The number of benzene rings is 1. The highest BCUT2D eigenvalue weighted by molar-refractivity contribution is 7.90. The molecule has 1 aromatic heterocycles. The van der Waals surface area contributed by atoms with Crippen molar-refractivity contribution in [3.8, 4) is 0 Å². The van der Waals surface area contributed by atoms with E-state index in [0.29, 0.717) is 12.1 Å². The van der Waals surface area contributed by atoms with E-state index < -0.39 is 9.84 Å². The molecule has 0 aliphatic rings. The van der Waals surface area contributed by atoms with E-state index in [9.17, 15) is 13.2 Å². The predicted molar refractivity (Wildman–Crippen MR) is 96.3 cm³/mol. The summed E-state index contributed by atoms with van der Waals surface area (Å²) >= 11 is 0. The Bertz CT molecular complexity index is 796. The molecule has 6 nitrogen and oxygen atoms in total. The predicted octanol–water partition coefficient (Wildman–Crippen LogP) is 2.50. The summed E-state index contributed by atoms with van der Waals surface area (Å²) in [5, 5.41) is 2.88. The number of rotatable bonds is 8. The number of nitrogens with one attached hydrogen (secondary N) is 1. The Labute approximate surface area is 148 Å². The highest BCUT2D eigenvalue weighted by atomic mass is 32.2. The normalized spacial score (nSPS) is 13.0. The van der Waals surface area contributed by atoms with Gasteiger partial charge in [-0.15, -0.1) is 0 Å². The van der Waals surface area contributed by atoms with Crippen molar-refractivity contribution in [2.45, 2.75) is 24.8 Å². The first-order valence-electron chi connectivity index (χ1n) is 8.22. The zero-order chi connectivity index (χ0) is 18.4. The summed E-state index contributed by atoms with van der Waals surface area (Å²) in [5.41, 5.74) is 0.320. The van der Waals surface area contributed by atoms with Gasteiger partial charge in [0.15, 0.2) is 9.84 Å². The molecule has 136 valence electrons. The molecule has 0 aliphatic carbocycles. The maximum absolute atomic E-state index is 12.4. The molecule has 0 saturated heterocycles. The van der Waals surface area contributed by atoms with Gasteiger partial charge in [-0.05, 0) is 43.4 Å². The first-order valence-corrected chi connectivity index (χ1v) is 10.1. The minimum Gasteiger partial charge on any atom is -0.468 e. The van der Waals surface area contributed by atoms with Crippen molar-refractivity contribution in [3.05, 3.63) is 54.0 Å². The molecule has 7 heteroatoms. The summed E-state index contributed by atoms with van der Waals surface area (Å²) in [6, 6.07) is 9.68. The van der Waals surface area contributed by atoms with Crippen LogP contribution in [-0.4, -0.2) is 45.1 Å². The molecular weight excluding hydrogens is 340 g/mol. The van der Waals surface area contributed by atoms with Crippen LogP contribution in [0.3, 0.4) is 0 Å². The van der Waals surface area contributed by atoms with Gasteiger partial charge >= 0.3 is 0 Å². The van der Waals surface area contributed by atoms with Gasteiger partial charge in [0.25, 0.3) is 5.91 Å². The molecule has 2 rings (SSSR count). The lowest BCUT2D eigenvalue weighted by Gasteiger charge is -2.28. The molecule has 2 aromatic rings. The summed E-state index contributed by atoms with van der Waals surface area (Å²) in [6.07, 6.45) is 2.74. The molecule has 0 aliphatic heterocycles. The molecule has 0 spiro atoms. The second kappa shape index (κ2) is 8.31. The average Bonchev–Trinajstić information content (AvgIpc) is 3.12. The summed E-state index contributed by atoms with van der Waals surface area (Å²) in [7, 11) is -3.35. The fraction of sp³-hybridized carbons (Fsp3) is 0.389. The van der Waals surface area contributed by atoms with E-state index in [2.05, 4.69) is 24.1 Å². The number of carbonyl (C=O) groups is 1. The van der Waals surface area contributed by atoms with Gasteiger partial charge in [-0.25, -0.2) is 8.42 Å². The number of carbonyl (C=O) groups excluding carboxylic acids is 1. The average molecular weight is 364 g/mol. The van der Waals surface area contributed by atoms with E-state index in [1.165, 1.54) is 12.1 Å². The third-order valence-corrected chi connectivity index (χ3v) is 5.22. The standard InChI is InChI=1S/C18H24N2O4S/c1-4-20(5-2)16(17-10-7-11-24-17)13-19-18(21)14-8-6-9-15(12-14)25(3,22)23/h6-12,16H,4-5,13H2,1-3H3,(H,19,21)/t16-/m1/s1. The molecule has 1 aromatic carbocycles. The quantitative estimate of drug-likeness (QED) is 0.778. The number of nitrogens with zero attached hydrogens (tertiary/aromatic N) is 1. The maximum Gasteiger partial charge on any atom is 0.251 e. The molecule has 0 radical (unpaired) electrons. The van der Waals surface area contributed by atoms with Gasteiger partial charge in [0.05, 0.1) is 17.2 Å². The summed E-state index contributed by atoms with van der Waals surface area (Å²) in [6.45, 7) is 6.12. The van der Waals surface area contributed by atoms with Crippen molar-refractivity contribution < 1.29 is 17.6 Å². The van der Waals surface area contributed by atoms with Gasteiger partial charge in [0, 0.05) is 18.4 Å². The lowest BCUT2D eigenvalue weighted by Crippen LogP contribution is -2.38. The van der Waals surface area contributed by atoms with E-state index in [-0.39, 0.29) is 16.8 Å². The minimum absolute atomic E-state index is 0.0768. The van der Waals surface area contributed by atoms with Crippen LogP contribution < -0.4 is 5.32 Å². The zero-order valence-corrected chi connectivity index (χ0v) is 15.5. The van der Waals surface area contributed by atoms with Crippen molar-refractivity contribution in [3.63, 3.8) is 0 Å². The van der Waals surface area contributed by atoms with E-state index in [1.807, 2.05) is 12.1 Å². The lowest BCUT2D eigenvalue weighted by atomic mass is 10.1. The lowest BCUT2D eigenvalue weighted by molar-refractivity contribution is 0.0929. The number of hydrogen-bond acceptors (Lipinski definition) is 5. The molecule has 0 unspecified atom stereocenters. The summed E-state index contributed by atoms with van der Waals surface area (Å²) < 4.78 is 28.8. The van der Waals surface area contributed by atoms with Crippen molar-refractivity contribution in [2.24, 2.45) is 0 Å². The van der Waals surface area contributed by atoms with Gasteiger partial charge < -0.3 is 9.73 Å². The third-order valence-electron chi connectivity index (χ3n) is 4.11. The second-order valence-electron chi connectivity index (χ2n) is 5.76. The topological polar surface area (TPSA) is 79.6 Å². The zero-order valence-electron chi connectivity index (χ0n) is 14.7. The van der Waals surface area contributed by atoms with Crippen LogP contribution in [0, 0.1) is 0 Å². The monoisotopic (exact) mass is 364 g/mol. The van der Waals surface area contributed by atoms with Crippen molar-refractivity contribution >= 4 is 15.7 Å². The first-order chi connectivity index (χ1) is 11.9. The SMILES string of the molecule is CCN(CC)[C@H](CNC(=O)c1cccc(S(C)(=O)=O)c1)c1ccco1. The van der Waals surface area contributed by atoms with Crippen LogP contribution >= 0.6 is 0 Å². The van der Waals surface area contributed by atoms with Gasteiger partial charge in [-0.2, -0.15) is 0 Å². The van der Waals surface area contributed by atoms with Crippen LogP contribution in [0.15, 0.2) is 52.0 Å². The third kappa shape index (κ3) is 4.93. The van der Waals surface area contributed by atoms with Crippen LogP contribution in [-0.2, 0) is 9.84 Å². The summed E-state index contributed by atoms with van der Waals surface area (Å²) in [4.78, 5) is 14.8. The fourth-order valence-electron chi connectivity index (χ4n) is 2.71. The first kappa shape index (κ1) is 19.2. The Kier molecular flexibility index (Phi) is 6.39. The molecule has 1 atom stereocenters. The van der Waals surface area contributed by atoms with Crippen LogP contribution in [0.5, 0.6) is 0 Å². The highest BCUT2D eigenvalue weighted by Gasteiger charge is 2.21. The van der Waals surface area contributed by atoms with Crippen LogP contribution in [0.4, 0.5) is 0 Å².